The van der Waals surface area contributed by atoms with Gasteiger partial charge in [0.05, 0.1) is 6.61 Å². The Balaban J connectivity index is 2.85. The van der Waals surface area contributed by atoms with Crippen molar-refractivity contribution in [2.24, 2.45) is 0 Å². The van der Waals surface area contributed by atoms with E-state index in [2.05, 4.69) is 18.8 Å². The van der Waals surface area contributed by atoms with Gasteiger partial charge in [-0.1, -0.05) is 62.4 Å². The van der Waals surface area contributed by atoms with Gasteiger partial charge in [0.2, 0.25) is 0 Å². The van der Waals surface area contributed by atoms with Crippen LogP contribution < -0.4 is 0 Å². The molecule has 0 fully saturated rings. The highest BCUT2D eigenvalue weighted by Gasteiger charge is 2.08. The lowest BCUT2D eigenvalue weighted by Crippen LogP contribution is -2.07. The van der Waals surface area contributed by atoms with Crippen LogP contribution in [-0.2, 0) is 9.53 Å². The number of carbonyl (C=O) groups excluding carboxylic acids is 1. The molecule has 0 aliphatic rings. The van der Waals surface area contributed by atoms with Crippen molar-refractivity contribution in [2.75, 3.05) is 6.61 Å². The highest BCUT2D eigenvalue weighted by Crippen LogP contribution is 2.08. The zero-order valence-electron chi connectivity index (χ0n) is 12.3. The van der Waals surface area contributed by atoms with Crippen LogP contribution in [-0.4, -0.2) is 12.6 Å². The van der Waals surface area contributed by atoms with Crippen molar-refractivity contribution in [3.05, 3.63) is 41.5 Å². The summed E-state index contributed by atoms with van der Waals surface area (Å²) in [5.41, 5.74) is 1.39. The Hall–Kier alpha value is -2.01. The molecule has 0 unspecified atom stereocenters. The summed E-state index contributed by atoms with van der Waals surface area (Å²) in [6, 6.07) is 9.71. The van der Waals surface area contributed by atoms with Gasteiger partial charge in [-0.2, -0.15) is 0 Å². The molecule has 0 aliphatic carbocycles. The molecular formula is C18H22O2. The molecule has 1 aromatic carbocycles. The van der Waals surface area contributed by atoms with Gasteiger partial charge in [0.25, 0.3) is 0 Å². The number of ether oxygens (including phenoxy) is 1. The van der Waals surface area contributed by atoms with E-state index in [1.807, 2.05) is 37.3 Å². The maximum absolute atomic E-state index is 12.0. The second kappa shape index (κ2) is 9.86. The van der Waals surface area contributed by atoms with Crippen LogP contribution in [0, 0.1) is 11.8 Å². The Kier molecular flexibility index (Phi) is 7.91. The second-order valence-electron chi connectivity index (χ2n) is 4.51. The molecule has 0 saturated carbocycles. The molecule has 0 radical (unpaired) electrons. The van der Waals surface area contributed by atoms with Gasteiger partial charge >= 0.3 is 5.97 Å². The molecule has 1 aromatic rings. The topological polar surface area (TPSA) is 26.3 Å². The van der Waals surface area contributed by atoms with Crippen molar-refractivity contribution < 1.29 is 9.53 Å². The second-order valence-corrected chi connectivity index (χ2v) is 4.51. The van der Waals surface area contributed by atoms with Crippen LogP contribution in [0.15, 0.2) is 35.9 Å². The molecule has 1 rings (SSSR count). The number of unbranched alkanes of at least 4 members (excludes halogenated alkanes) is 2. The molecular weight excluding hydrogens is 248 g/mol. The largest absolute Gasteiger partial charge is 0.462 e. The molecule has 0 aromatic heterocycles. The Morgan fingerprint density at radius 2 is 1.95 bits per heavy atom. The Bertz CT molecular complexity index is 489. The van der Waals surface area contributed by atoms with Crippen LogP contribution in [0.2, 0.25) is 0 Å². The molecule has 2 heteroatoms. The molecule has 0 aliphatic heterocycles. The fourth-order valence-corrected chi connectivity index (χ4v) is 1.56. The third-order valence-corrected chi connectivity index (χ3v) is 2.65. The minimum absolute atomic E-state index is 0.334. The van der Waals surface area contributed by atoms with Gasteiger partial charge in [-0.05, 0) is 24.5 Å². The maximum Gasteiger partial charge on any atom is 0.346 e. The van der Waals surface area contributed by atoms with Crippen LogP contribution in [0.4, 0.5) is 0 Å². The summed E-state index contributed by atoms with van der Waals surface area (Å²) >= 11 is 0. The van der Waals surface area contributed by atoms with E-state index < -0.39 is 0 Å². The fourth-order valence-electron chi connectivity index (χ4n) is 1.56. The van der Waals surface area contributed by atoms with E-state index in [-0.39, 0.29) is 5.97 Å². The summed E-state index contributed by atoms with van der Waals surface area (Å²) < 4.78 is 5.17. The van der Waals surface area contributed by atoms with Crippen LogP contribution in [0.3, 0.4) is 0 Å². The molecule has 20 heavy (non-hydrogen) atoms. The first-order valence-electron chi connectivity index (χ1n) is 7.20. The van der Waals surface area contributed by atoms with E-state index in [9.17, 15) is 4.79 Å². The predicted octanol–water partition coefficient (Wildman–Crippen LogP) is 4.22. The van der Waals surface area contributed by atoms with E-state index in [1.165, 1.54) is 0 Å². The number of esters is 1. The van der Waals surface area contributed by atoms with Crippen molar-refractivity contribution in [2.45, 2.75) is 39.5 Å². The lowest BCUT2D eigenvalue weighted by atomic mass is 10.1. The number of carbonyl (C=O) groups is 1. The Morgan fingerprint density at radius 3 is 2.60 bits per heavy atom. The van der Waals surface area contributed by atoms with Crippen LogP contribution in [0.5, 0.6) is 0 Å². The molecule has 106 valence electrons. The van der Waals surface area contributed by atoms with Gasteiger partial charge < -0.3 is 4.74 Å². The first kappa shape index (κ1) is 16.0. The molecule has 0 spiro atoms. The molecule has 0 heterocycles. The van der Waals surface area contributed by atoms with Gasteiger partial charge in [-0.15, -0.1) is 0 Å². The molecule has 0 atom stereocenters. The lowest BCUT2D eigenvalue weighted by Gasteiger charge is -2.02. The molecule has 0 bridgehead atoms. The highest BCUT2D eigenvalue weighted by molar-refractivity contribution is 5.98. The van der Waals surface area contributed by atoms with Crippen LogP contribution in [0.25, 0.3) is 6.08 Å². The summed E-state index contributed by atoms with van der Waals surface area (Å²) in [6.45, 7) is 4.53. The average molecular weight is 270 g/mol. The van der Waals surface area contributed by atoms with Crippen molar-refractivity contribution in [1.29, 1.82) is 0 Å². The Labute approximate surface area is 121 Å². The number of rotatable bonds is 6. The lowest BCUT2D eigenvalue weighted by molar-refractivity contribution is -0.138. The quantitative estimate of drug-likeness (QED) is 0.335. The molecule has 2 nitrogen and oxygen atoms in total. The van der Waals surface area contributed by atoms with Crippen LogP contribution >= 0.6 is 0 Å². The van der Waals surface area contributed by atoms with E-state index in [0.29, 0.717) is 12.2 Å². The van der Waals surface area contributed by atoms with Crippen molar-refractivity contribution in [1.82, 2.24) is 0 Å². The number of benzene rings is 1. The third-order valence-electron chi connectivity index (χ3n) is 2.65. The SMILES string of the molecule is CCCCC#CC(=Cc1ccccc1)C(=O)OCCC. The summed E-state index contributed by atoms with van der Waals surface area (Å²) in [4.78, 5) is 12.0. The molecule has 0 amide bonds. The summed E-state index contributed by atoms with van der Waals surface area (Å²) in [6.07, 6.45) is 5.57. The van der Waals surface area contributed by atoms with E-state index >= 15 is 0 Å². The van der Waals surface area contributed by atoms with Crippen molar-refractivity contribution >= 4 is 12.0 Å². The summed E-state index contributed by atoms with van der Waals surface area (Å²) in [5, 5.41) is 0. The summed E-state index contributed by atoms with van der Waals surface area (Å²) in [7, 11) is 0. The average Bonchev–Trinajstić information content (AvgIpc) is 2.49. The van der Waals surface area contributed by atoms with E-state index in [1.54, 1.807) is 6.08 Å². The van der Waals surface area contributed by atoms with E-state index in [4.69, 9.17) is 4.74 Å². The van der Waals surface area contributed by atoms with Gasteiger partial charge in [-0.25, -0.2) is 4.79 Å². The fraction of sp³-hybridized carbons (Fsp3) is 0.389. The standard InChI is InChI=1S/C18H22O2/c1-3-5-6-10-13-17(18(19)20-14-4-2)15-16-11-8-7-9-12-16/h7-9,11-12,15H,3-6,14H2,1-2H3. The maximum atomic E-state index is 12.0. The third kappa shape index (κ3) is 6.24. The first-order valence-corrected chi connectivity index (χ1v) is 7.20. The zero-order chi connectivity index (χ0) is 14.6. The smallest absolute Gasteiger partial charge is 0.346 e. The first-order chi connectivity index (χ1) is 9.77. The Morgan fingerprint density at radius 1 is 1.20 bits per heavy atom. The van der Waals surface area contributed by atoms with Gasteiger partial charge in [0.15, 0.2) is 0 Å². The zero-order valence-corrected chi connectivity index (χ0v) is 12.3. The van der Waals surface area contributed by atoms with Crippen molar-refractivity contribution in [3.8, 4) is 11.8 Å². The number of hydrogen-bond donors (Lipinski definition) is 0. The van der Waals surface area contributed by atoms with Crippen LogP contribution in [0.1, 0.15) is 45.1 Å². The number of hydrogen-bond acceptors (Lipinski definition) is 2. The van der Waals surface area contributed by atoms with Gasteiger partial charge in [0.1, 0.15) is 5.57 Å². The minimum atomic E-state index is -0.334. The van der Waals surface area contributed by atoms with Gasteiger partial charge in [0, 0.05) is 6.42 Å². The van der Waals surface area contributed by atoms with E-state index in [0.717, 1.165) is 31.2 Å². The predicted molar refractivity (Wildman–Crippen MR) is 83.0 cm³/mol. The molecule has 0 N–H and O–H groups in total. The summed E-state index contributed by atoms with van der Waals surface area (Å²) in [5.74, 6) is 5.66. The monoisotopic (exact) mass is 270 g/mol. The highest BCUT2D eigenvalue weighted by atomic mass is 16.5. The van der Waals surface area contributed by atoms with Crippen molar-refractivity contribution in [3.63, 3.8) is 0 Å². The minimum Gasteiger partial charge on any atom is -0.462 e. The normalized spacial score (nSPS) is 10.6. The van der Waals surface area contributed by atoms with Gasteiger partial charge in [-0.3, -0.25) is 0 Å². The molecule has 0 saturated heterocycles.